The van der Waals surface area contributed by atoms with E-state index in [1.54, 1.807) is 7.11 Å². The predicted octanol–water partition coefficient (Wildman–Crippen LogP) is 2.42. The molecule has 2 nitrogen and oxygen atoms in total. The van der Waals surface area contributed by atoms with Crippen molar-refractivity contribution in [3.63, 3.8) is 0 Å². The second kappa shape index (κ2) is 3.97. The van der Waals surface area contributed by atoms with Gasteiger partial charge in [0.15, 0.2) is 0 Å². The lowest BCUT2D eigenvalue weighted by molar-refractivity contribution is -0.0274. The molecule has 2 N–H and O–H groups in total. The van der Waals surface area contributed by atoms with Crippen LogP contribution >= 0.6 is 0 Å². The first-order valence-corrected chi connectivity index (χ1v) is 4.89. The summed E-state index contributed by atoms with van der Waals surface area (Å²) in [7, 11) is 1.74. The Labute approximate surface area is 82.8 Å². The van der Waals surface area contributed by atoms with Crippen LogP contribution in [0.2, 0.25) is 0 Å². The standard InChI is InChI=1S/C11H25NO/c1-10(2,3)8(12)9(13-7)11(4,5)6/h8-9H,12H2,1-7H3. The SMILES string of the molecule is COC(C(N)C(C)(C)C)C(C)(C)C. The van der Waals surface area contributed by atoms with Crippen molar-refractivity contribution in [1.82, 2.24) is 0 Å². The summed E-state index contributed by atoms with van der Waals surface area (Å²) in [6.45, 7) is 12.9. The lowest BCUT2D eigenvalue weighted by Crippen LogP contribution is -2.51. The number of hydrogen-bond donors (Lipinski definition) is 1. The third-order valence-corrected chi connectivity index (χ3v) is 2.43. The van der Waals surface area contributed by atoms with Crippen molar-refractivity contribution in [2.45, 2.75) is 53.7 Å². The van der Waals surface area contributed by atoms with E-state index in [2.05, 4.69) is 41.5 Å². The number of ether oxygens (including phenoxy) is 1. The van der Waals surface area contributed by atoms with E-state index in [0.717, 1.165) is 0 Å². The smallest absolute Gasteiger partial charge is 0.0775 e. The molecular weight excluding hydrogens is 162 g/mol. The topological polar surface area (TPSA) is 35.2 Å². The van der Waals surface area contributed by atoms with Crippen molar-refractivity contribution in [3.8, 4) is 0 Å². The number of rotatable bonds is 2. The van der Waals surface area contributed by atoms with Gasteiger partial charge in [-0.3, -0.25) is 0 Å². The average molecular weight is 187 g/mol. The summed E-state index contributed by atoms with van der Waals surface area (Å²) in [6.07, 6.45) is 0.104. The van der Waals surface area contributed by atoms with Crippen molar-refractivity contribution in [1.29, 1.82) is 0 Å². The molecule has 0 aliphatic carbocycles. The van der Waals surface area contributed by atoms with Crippen LogP contribution in [0.4, 0.5) is 0 Å². The molecule has 2 unspecified atom stereocenters. The minimum atomic E-state index is 0.0671. The van der Waals surface area contributed by atoms with Crippen LogP contribution < -0.4 is 5.73 Å². The Hall–Kier alpha value is -0.0800. The highest BCUT2D eigenvalue weighted by Gasteiger charge is 2.36. The molecule has 2 atom stereocenters. The van der Waals surface area contributed by atoms with E-state index in [9.17, 15) is 0 Å². The van der Waals surface area contributed by atoms with Gasteiger partial charge in [-0.25, -0.2) is 0 Å². The third kappa shape index (κ3) is 3.65. The summed E-state index contributed by atoms with van der Waals surface area (Å²) in [5.74, 6) is 0. The molecule has 0 aromatic heterocycles. The molecule has 0 aromatic rings. The molecule has 0 bridgehead atoms. The maximum absolute atomic E-state index is 6.17. The van der Waals surface area contributed by atoms with E-state index in [4.69, 9.17) is 10.5 Å². The molecule has 0 rings (SSSR count). The van der Waals surface area contributed by atoms with Crippen LogP contribution in [0.1, 0.15) is 41.5 Å². The molecule has 0 aliphatic heterocycles. The van der Waals surface area contributed by atoms with E-state index in [-0.39, 0.29) is 23.0 Å². The maximum Gasteiger partial charge on any atom is 0.0775 e. The maximum atomic E-state index is 6.17. The average Bonchev–Trinajstić information content (AvgIpc) is 1.83. The van der Waals surface area contributed by atoms with Crippen molar-refractivity contribution in [2.24, 2.45) is 16.6 Å². The van der Waals surface area contributed by atoms with Gasteiger partial charge in [0.25, 0.3) is 0 Å². The van der Waals surface area contributed by atoms with E-state index < -0.39 is 0 Å². The van der Waals surface area contributed by atoms with E-state index in [0.29, 0.717) is 0 Å². The van der Waals surface area contributed by atoms with Crippen molar-refractivity contribution in [3.05, 3.63) is 0 Å². The highest BCUT2D eigenvalue weighted by Crippen LogP contribution is 2.31. The molecule has 13 heavy (non-hydrogen) atoms. The highest BCUT2D eigenvalue weighted by molar-refractivity contribution is 4.90. The van der Waals surface area contributed by atoms with Crippen molar-refractivity contribution >= 4 is 0 Å². The van der Waals surface area contributed by atoms with Crippen LogP contribution in [-0.4, -0.2) is 19.3 Å². The first kappa shape index (κ1) is 12.9. The van der Waals surface area contributed by atoms with Gasteiger partial charge in [-0.2, -0.15) is 0 Å². The summed E-state index contributed by atoms with van der Waals surface area (Å²) >= 11 is 0. The van der Waals surface area contributed by atoms with Gasteiger partial charge in [-0.15, -0.1) is 0 Å². The Morgan fingerprint density at radius 3 is 1.38 bits per heavy atom. The molecule has 0 spiro atoms. The predicted molar refractivity (Wildman–Crippen MR) is 57.7 cm³/mol. The summed E-state index contributed by atoms with van der Waals surface area (Å²) in [5.41, 5.74) is 6.36. The summed E-state index contributed by atoms with van der Waals surface area (Å²) < 4.78 is 5.48. The van der Waals surface area contributed by atoms with Gasteiger partial charge in [0.2, 0.25) is 0 Å². The Kier molecular flexibility index (Phi) is 3.95. The van der Waals surface area contributed by atoms with Gasteiger partial charge in [-0.1, -0.05) is 41.5 Å². The van der Waals surface area contributed by atoms with Gasteiger partial charge in [0, 0.05) is 13.2 Å². The van der Waals surface area contributed by atoms with Gasteiger partial charge in [0.1, 0.15) is 0 Å². The molecule has 0 aromatic carbocycles. The number of methoxy groups -OCH3 is 1. The monoisotopic (exact) mass is 187 g/mol. The molecular formula is C11H25NO. The van der Waals surface area contributed by atoms with Crippen molar-refractivity contribution in [2.75, 3.05) is 7.11 Å². The largest absolute Gasteiger partial charge is 0.379 e. The quantitative estimate of drug-likeness (QED) is 0.720. The molecule has 2 heteroatoms. The lowest BCUT2D eigenvalue weighted by Gasteiger charge is -2.40. The first-order valence-electron chi connectivity index (χ1n) is 4.89. The summed E-state index contributed by atoms with van der Waals surface area (Å²) in [6, 6.07) is 0.0671. The molecule has 0 aliphatic rings. The van der Waals surface area contributed by atoms with E-state index in [1.807, 2.05) is 0 Å². The number of nitrogens with two attached hydrogens (primary N) is 1. The second-order valence-corrected chi connectivity index (χ2v) is 5.91. The fourth-order valence-corrected chi connectivity index (χ4v) is 1.49. The molecule has 0 saturated carbocycles. The Morgan fingerprint density at radius 1 is 0.923 bits per heavy atom. The van der Waals surface area contributed by atoms with Gasteiger partial charge in [0.05, 0.1) is 6.10 Å². The summed E-state index contributed by atoms with van der Waals surface area (Å²) in [4.78, 5) is 0. The van der Waals surface area contributed by atoms with Gasteiger partial charge >= 0.3 is 0 Å². The van der Waals surface area contributed by atoms with Crippen LogP contribution in [0, 0.1) is 10.8 Å². The molecule has 0 saturated heterocycles. The minimum absolute atomic E-state index is 0.0671. The normalized spacial score (nSPS) is 18.5. The first-order chi connectivity index (χ1) is 5.60. The summed E-state index contributed by atoms with van der Waals surface area (Å²) in [5, 5.41) is 0. The highest BCUT2D eigenvalue weighted by atomic mass is 16.5. The zero-order valence-corrected chi connectivity index (χ0v) is 10.1. The Balaban J connectivity index is 4.61. The van der Waals surface area contributed by atoms with Crippen LogP contribution in [0.5, 0.6) is 0 Å². The van der Waals surface area contributed by atoms with E-state index in [1.165, 1.54) is 0 Å². The van der Waals surface area contributed by atoms with Crippen molar-refractivity contribution < 1.29 is 4.74 Å². The zero-order valence-electron chi connectivity index (χ0n) is 10.1. The molecule has 0 heterocycles. The minimum Gasteiger partial charge on any atom is -0.379 e. The third-order valence-electron chi connectivity index (χ3n) is 2.43. The van der Waals surface area contributed by atoms with Crippen LogP contribution in [-0.2, 0) is 4.74 Å². The zero-order chi connectivity index (χ0) is 10.9. The fourth-order valence-electron chi connectivity index (χ4n) is 1.49. The van der Waals surface area contributed by atoms with Gasteiger partial charge < -0.3 is 10.5 Å². The molecule has 0 fully saturated rings. The molecule has 0 radical (unpaired) electrons. The fraction of sp³-hybridized carbons (Fsp3) is 1.00. The van der Waals surface area contributed by atoms with E-state index >= 15 is 0 Å². The van der Waals surface area contributed by atoms with Crippen LogP contribution in [0.3, 0.4) is 0 Å². The lowest BCUT2D eigenvalue weighted by atomic mass is 9.75. The number of hydrogen-bond acceptors (Lipinski definition) is 2. The van der Waals surface area contributed by atoms with Gasteiger partial charge in [-0.05, 0) is 10.8 Å². The second-order valence-electron chi connectivity index (χ2n) is 5.91. The Bertz CT molecular complexity index is 152. The van der Waals surface area contributed by atoms with Crippen LogP contribution in [0.15, 0.2) is 0 Å². The molecule has 0 amide bonds. The Morgan fingerprint density at radius 2 is 1.31 bits per heavy atom. The van der Waals surface area contributed by atoms with Crippen LogP contribution in [0.25, 0.3) is 0 Å². The molecule has 80 valence electrons.